The van der Waals surface area contributed by atoms with E-state index >= 15 is 0 Å². The third kappa shape index (κ3) is 0.711. The van der Waals surface area contributed by atoms with Crippen LogP contribution in [0.5, 0.6) is 0 Å². The Hall–Kier alpha value is 0.134. The van der Waals surface area contributed by atoms with Gasteiger partial charge in [0.1, 0.15) is 0 Å². The van der Waals surface area contributed by atoms with Gasteiger partial charge in [0.2, 0.25) is 0 Å². The van der Waals surface area contributed by atoms with E-state index in [0.29, 0.717) is 0 Å². The van der Waals surface area contributed by atoms with Gasteiger partial charge in [0, 0.05) is 0 Å². The molecule has 8 N–H and O–H groups in total. The molecule has 0 aromatic carbocycles. The number of hydrogen-bond donors (Lipinski definition) is 4. The van der Waals surface area contributed by atoms with Gasteiger partial charge in [-0.2, -0.15) is 0 Å². The summed E-state index contributed by atoms with van der Waals surface area (Å²) in [6.07, 6.45) is 0. The van der Waals surface area contributed by atoms with Crippen molar-refractivity contribution >= 4 is 16.8 Å². The van der Waals surface area contributed by atoms with Gasteiger partial charge in [0.25, 0.3) is 16.8 Å². The van der Waals surface area contributed by atoms with Crippen LogP contribution in [-0.2, 0) is 0 Å². The summed E-state index contributed by atoms with van der Waals surface area (Å²) in [7, 11) is -6.96. The van der Waals surface area contributed by atoms with Crippen molar-refractivity contribution in [3.05, 3.63) is 10.8 Å². The molecule has 1 aliphatic heterocycles. The van der Waals surface area contributed by atoms with Gasteiger partial charge in [-0.15, -0.1) is 0 Å². The summed E-state index contributed by atoms with van der Waals surface area (Å²) < 4.78 is 25.2. The minimum Gasteiger partial charge on any atom is -0.335 e. The number of rotatable bonds is 0. The quantitative estimate of drug-likeness (QED) is 0.321. The molecular weight excluding hydrogens is 174 g/mol. The largest absolute Gasteiger partial charge is 0.335 e. The summed E-state index contributed by atoms with van der Waals surface area (Å²) in [6.45, 7) is 0. The second kappa shape index (κ2) is 1.84. The lowest BCUT2D eigenvalue weighted by molar-refractivity contribution is 0.531. The maximum atomic E-state index is 12.6. The lowest BCUT2D eigenvalue weighted by Crippen LogP contribution is -2.92. The summed E-state index contributed by atoms with van der Waals surface area (Å²) in [5.41, 5.74) is -1.73. The van der Waals surface area contributed by atoms with E-state index in [1.165, 1.54) is 0 Å². The molecule has 0 aliphatic carbocycles. The van der Waals surface area contributed by atoms with E-state index in [0.717, 1.165) is 0 Å². The second-order valence-corrected chi connectivity index (χ2v) is 8.60. The van der Waals surface area contributed by atoms with Crippen molar-refractivity contribution in [2.45, 2.75) is 0 Å². The van der Waals surface area contributed by atoms with E-state index in [-0.39, 0.29) is 0 Å². The summed E-state index contributed by atoms with van der Waals surface area (Å²) >= 11 is 0. The Balaban J connectivity index is 2.78. The highest BCUT2D eigenvalue weighted by Crippen LogP contribution is 2.41. The first kappa shape index (κ1) is 8.23. The number of hydrogen-bond acceptors (Lipinski definition) is 4. The van der Waals surface area contributed by atoms with Crippen LogP contribution >= 0.6 is 0 Å². The van der Waals surface area contributed by atoms with E-state index in [1.807, 2.05) is 0 Å². The predicted octanol–water partition coefficient (Wildman–Crippen LogP) is -2.12. The SMILES string of the molecule is N[Si]1(N)[C](F)[Si](N)(N)[C]1F. The Morgan fingerprint density at radius 2 is 1.00 bits per heavy atom. The van der Waals surface area contributed by atoms with Crippen LogP contribution in [0, 0.1) is 10.8 Å². The summed E-state index contributed by atoms with van der Waals surface area (Å²) in [4.78, 5) is 0. The van der Waals surface area contributed by atoms with E-state index in [4.69, 9.17) is 21.6 Å². The molecular formula is C2H8F2N4Si2. The summed E-state index contributed by atoms with van der Waals surface area (Å²) in [5.74, 6) is 0. The molecule has 8 heteroatoms. The van der Waals surface area contributed by atoms with Gasteiger partial charge in [0.15, 0.2) is 10.8 Å². The summed E-state index contributed by atoms with van der Waals surface area (Å²) in [6, 6.07) is 0. The molecule has 58 valence electrons. The first-order chi connectivity index (χ1) is 4.31. The molecule has 10 heavy (non-hydrogen) atoms. The molecule has 0 aromatic rings. The lowest BCUT2D eigenvalue weighted by Gasteiger charge is -2.47. The third-order valence-electron chi connectivity index (χ3n) is 1.45. The molecule has 4 nitrogen and oxygen atoms in total. The van der Waals surface area contributed by atoms with Gasteiger partial charge in [0.05, 0.1) is 0 Å². The van der Waals surface area contributed by atoms with E-state index in [9.17, 15) is 8.78 Å². The summed E-state index contributed by atoms with van der Waals surface area (Å²) in [5, 5.41) is 20.2. The number of nitrogens with two attached hydrogens (primary N) is 4. The molecule has 1 saturated heterocycles. The van der Waals surface area contributed by atoms with Crippen LogP contribution < -0.4 is 21.6 Å². The lowest BCUT2D eigenvalue weighted by atomic mass is 11.6. The molecule has 0 bridgehead atoms. The highest BCUT2D eigenvalue weighted by Gasteiger charge is 2.74. The van der Waals surface area contributed by atoms with Crippen LogP contribution in [0.15, 0.2) is 0 Å². The highest BCUT2D eigenvalue weighted by molar-refractivity contribution is 7.21. The van der Waals surface area contributed by atoms with Gasteiger partial charge in [-0.3, -0.25) is 0 Å². The minimum absolute atomic E-state index is 0.863. The topological polar surface area (TPSA) is 104 Å². The van der Waals surface area contributed by atoms with Gasteiger partial charge < -0.3 is 21.6 Å². The Kier molecular flexibility index (Phi) is 1.51. The van der Waals surface area contributed by atoms with Gasteiger partial charge in [-0.05, 0) is 0 Å². The molecule has 1 heterocycles. The highest BCUT2D eigenvalue weighted by atomic mass is 28.5. The zero-order chi connectivity index (χ0) is 8.15. The van der Waals surface area contributed by atoms with Crippen molar-refractivity contribution in [2.75, 3.05) is 0 Å². The van der Waals surface area contributed by atoms with Crippen molar-refractivity contribution in [3.63, 3.8) is 0 Å². The average Bonchev–Trinajstić information content (AvgIpc) is 1.84. The normalized spacial score (nSPS) is 31.8. The van der Waals surface area contributed by atoms with Gasteiger partial charge in [-0.25, -0.2) is 8.78 Å². The molecule has 1 aliphatic rings. The Bertz CT molecular complexity index is 131. The molecule has 2 radical (unpaired) electrons. The van der Waals surface area contributed by atoms with Crippen molar-refractivity contribution in [2.24, 2.45) is 21.6 Å². The minimum atomic E-state index is -3.48. The van der Waals surface area contributed by atoms with Crippen LogP contribution in [0.3, 0.4) is 0 Å². The monoisotopic (exact) mass is 182 g/mol. The van der Waals surface area contributed by atoms with Crippen LogP contribution in [0.1, 0.15) is 0 Å². The fraction of sp³-hybridized carbons (Fsp3) is 0. The van der Waals surface area contributed by atoms with Crippen molar-refractivity contribution in [3.8, 4) is 0 Å². The maximum Gasteiger partial charge on any atom is 0.281 e. The first-order valence-electron chi connectivity index (χ1n) is 2.53. The third-order valence-corrected chi connectivity index (χ3v) is 9.32. The van der Waals surface area contributed by atoms with E-state index < -0.39 is 27.6 Å². The second-order valence-electron chi connectivity index (χ2n) is 2.37. The smallest absolute Gasteiger partial charge is 0.281 e. The molecule has 1 fully saturated rings. The molecule has 0 aromatic heterocycles. The Morgan fingerprint density at radius 1 is 0.800 bits per heavy atom. The van der Waals surface area contributed by atoms with E-state index in [1.54, 1.807) is 0 Å². The van der Waals surface area contributed by atoms with Gasteiger partial charge in [-0.1, -0.05) is 0 Å². The molecule has 1 rings (SSSR count). The van der Waals surface area contributed by atoms with E-state index in [2.05, 4.69) is 0 Å². The molecule has 0 saturated carbocycles. The zero-order valence-corrected chi connectivity index (χ0v) is 7.07. The van der Waals surface area contributed by atoms with Gasteiger partial charge >= 0.3 is 0 Å². The van der Waals surface area contributed by atoms with Crippen molar-refractivity contribution in [1.82, 2.24) is 0 Å². The van der Waals surface area contributed by atoms with Crippen molar-refractivity contribution < 1.29 is 8.78 Å². The maximum absolute atomic E-state index is 12.6. The van der Waals surface area contributed by atoms with Crippen LogP contribution in [0.4, 0.5) is 8.78 Å². The Morgan fingerprint density at radius 3 is 1.10 bits per heavy atom. The fourth-order valence-electron chi connectivity index (χ4n) is 0.815. The molecule has 0 atom stereocenters. The average molecular weight is 182 g/mol. The molecule has 0 amide bonds. The van der Waals surface area contributed by atoms with Crippen LogP contribution in [0.25, 0.3) is 0 Å². The number of halogens is 2. The van der Waals surface area contributed by atoms with Crippen LogP contribution in [-0.4, -0.2) is 16.8 Å². The molecule has 0 spiro atoms. The zero-order valence-electron chi connectivity index (χ0n) is 5.07. The van der Waals surface area contributed by atoms with Crippen LogP contribution in [0.2, 0.25) is 0 Å². The first-order valence-corrected chi connectivity index (χ1v) is 6.84. The predicted molar refractivity (Wildman–Crippen MR) is 37.0 cm³/mol. The molecule has 0 unspecified atom stereocenters. The standard InChI is InChI=1S/C2H8F2N4Si2/c3-1-9(5,6)2(4)10(1,7)8/h5-8H2. The Labute approximate surface area is 58.9 Å². The fourth-order valence-corrected chi connectivity index (χ4v) is 7.12. The van der Waals surface area contributed by atoms with Crippen molar-refractivity contribution in [1.29, 1.82) is 0 Å².